The van der Waals surface area contributed by atoms with Crippen LogP contribution in [0, 0.1) is 11.3 Å². The average Bonchev–Trinajstić information content (AvgIpc) is 2.99. The molecule has 2 heterocycles. The molecule has 1 aliphatic heterocycles. The Morgan fingerprint density at radius 2 is 2.21 bits per heavy atom. The average molecular weight is 321 g/mol. The van der Waals surface area contributed by atoms with Crippen LogP contribution in [-0.4, -0.2) is 16.0 Å². The fraction of sp³-hybridized carbons (Fsp3) is 0.278. The lowest BCUT2D eigenvalue weighted by Gasteiger charge is -2.13. The van der Waals surface area contributed by atoms with E-state index in [1.165, 1.54) is 0 Å². The molecule has 1 unspecified atom stereocenters. The molecule has 0 saturated heterocycles. The summed E-state index contributed by atoms with van der Waals surface area (Å²) in [6, 6.07) is 11.7. The minimum atomic E-state index is 0.272. The summed E-state index contributed by atoms with van der Waals surface area (Å²) in [6.45, 7) is 4.22. The van der Waals surface area contributed by atoms with Gasteiger partial charge in [-0.15, -0.1) is 0 Å². The standard InChI is InChI=1S/C18H19N5O/c1-3-6-12(2)21-18-20-10-9-14(23-18)13(11-19)17-22-15-7-4-5-8-16(15)24-17/h4-5,7-10,12,22H,3,6H2,1-2H3,(H,20,21,23). The first-order valence-electron chi connectivity index (χ1n) is 7.99. The van der Waals surface area contributed by atoms with E-state index in [9.17, 15) is 5.26 Å². The third kappa shape index (κ3) is 3.30. The molecule has 1 aromatic carbocycles. The first-order chi connectivity index (χ1) is 11.7. The number of para-hydroxylation sites is 2. The predicted octanol–water partition coefficient (Wildman–Crippen LogP) is 3.77. The summed E-state index contributed by atoms with van der Waals surface area (Å²) in [5.41, 5.74) is 1.71. The van der Waals surface area contributed by atoms with Gasteiger partial charge >= 0.3 is 0 Å². The number of anilines is 2. The van der Waals surface area contributed by atoms with Crippen LogP contribution in [0.5, 0.6) is 5.75 Å². The van der Waals surface area contributed by atoms with Gasteiger partial charge in [0.25, 0.3) is 0 Å². The Morgan fingerprint density at radius 1 is 1.38 bits per heavy atom. The molecule has 6 heteroatoms. The van der Waals surface area contributed by atoms with Crippen molar-refractivity contribution in [1.82, 2.24) is 9.97 Å². The first-order valence-corrected chi connectivity index (χ1v) is 7.99. The number of fused-ring (bicyclic) bond motifs is 1. The summed E-state index contributed by atoms with van der Waals surface area (Å²) in [6.07, 6.45) is 3.75. The number of hydrogen-bond donors (Lipinski definition) is 2. The van der Waals surface area contributed by atoms with E-state index in [0.717, 1.165) is 18.5 Å². The highest BCUT2D eigenvalue weighted by Gasteiger charge is 2.22. The Kier molecular flexibility index (Phi) is 4.62. The summed E-state index contributed by atoms with van der Waals surface area (Å²) in [5.74, 6) is 1.60. The molecule has 0 spiro atoms. The molecule has 2 N–H and O–H groups in total. The molecule has 0 saturated carbocycles. The van der Waals surface area contributed by atoms with Gasteiger partial charge in [-0.2, -0.15) is 5.26 Å². The summed E-state index contributed by atoms with van der Waals surface area (Å²) < 4.78 is 5.74. The molecule has 0 amide bonds. The van der Waals surface area contributed by atoms with Crippen molar-refractivity contribution < 1.29 is 4.74 Å². The summed E-state index contributed by atoms with van der Waals surface area (Å²) in [5, 5.41) is 15.9. The van der Waals surface area contributed by atoms with E-state index in [0.29, 0.717) is 28.8 Å². The summed E-state index contributed by atoms with van der Waals surface area (Å²) in [4.78, 5) is 8.68. The minimum absolute atomic E-state index is 0.272. The second-order valence-electron chi connectivity index (χ2n) is 5.64. The molecular formula is C18H19N5O. The Balaban J connectivity index is 1.88. The molecule has 2 aromatic rings. The zero-order valence-corrected chi connectivity index (χ0v) is 13.7. The quantitative estimate of drug-likeness (QED) is 0.816. The smallest absolute Gasteiger partial charge is 0.223 e. The number of allylic oxidation sites excluding steroid dienone is 1. The molecule has 122 valence electrons. The Morgan fingerprint density at radius 3 is 2.96 bits per heavy atom. The van der Waals surface area contributed by atoms with E-state index in [4.69, 9.17) is 4.74 Å². The number of rotatable bonds is 5. The molecule has 0 bridgehead atoms. The highest BCUT2D eigenvalue weighted by molar-refractivity contribution is 5.81. The molecule has 0 fully saturated rings. The highest BCUT2D eigenvalue weighted by atomic mass is 16.5. The molecule has 0 aliphatic carbocycles. The van der Waals surface area contributed by atoms with E-state index in [1.807, 2.05) is 24.3 Å². The second kappa shape index (κ2) is 7.01. The van der Waals surface area contributed by atoms with Crippen LogP contribution in [0.3, 0.4) is 0 Å². The van der Waals surface area contributed by atoms with Crippen molar-refractivity contribution in [2.45, 2.75) is 32.7 Å². The van der Waals surface area contributed by atoms with Gasteiger partial charge in [0.05, 0.1) is 11.4 Å². The van der Waals surface area contributed by atoms with Crippen LogP contribution in [0.4, 0.5) is 11.6 Å². The van der Waals surface area contributed by atoms with Gasteiger partial charge in [-0.1, -0.05) is 25.5 Å². The van der Waals surface area contributed by atoms with Crippen molar-refractivity contribution in [3.05, 3.63) is 48.1 Å². The van der Waals surface area contributed by atoms with Gasteiger partial charge in [0, 0.05) is 12.2 Å². The normalized spacial score (nSPS) is 15.5. The van der Waals surface area contributed by atoms with Crippen molar-refractivity contribution in [1.29, 1.82) is 5.26 Å². The third-order valence-electron chi connectivity index (χ3n) is 3.70. The number of nitriles is 1. The highest BCUT2D eigenvalue weighted by Crippen LogP contribution is 2.35. The van der Waals surface area contributed by atoms with Crippen LogP contribution in [-0.2, 0) is 0 Å². The largest absolute Gasteiger partial charge is 0.437 e. The lowest BCUT2D eigenvalue weighted by Crippen LogP contribution is -2.17. The maximum Gasteiger partial charge on any atom is 0.223 e. The summed E-state index contributed by atoms with van der Waals surface area (Å²) in [7, 11) is 0. The topological polar surface area (TPSA) is 82.9 Å². The van der Waals surface area contributed by atoms with Crippen molar-refractivity contribution in [2.24, 2.45) is 0 Å². The number of nitrogens with one attached hydrogen (secondary N) is 2. The molecule has 24 heavy (non-hydrogen) atoms. The van der Waals surface area contributed by atoms with Crippen molar-refractivity contribution in [2.75, 3.05) is 10.6 Å². The SMILES string of the molecule is CCCC(C)Nc1nccc(C(C#N)=C2Nc3ccccc3O2)n1. The number of benzene rings is 1. The van der Waals surface area contributed by atoms with Crippen LogP contribution in [0.2, 0.25) is 0 Å². The van der Waals surface area contributed by atoms with Gasteiger partial charge in [0.1, 0.15) is 11.6 Å². The van der Waals surface area contributed by atoms with Gasteiger partial charge in [0.15, 0.2) is 5.75 Å². The third-order valence-corrected chi connectivity index (χ3v) is 3.70. The Bertz CT molecular complexity index is 782. The number of aromatic nitrogens is 2. The molecule has 1 atom stereocenters. The molecular weight excluding hydrogens is 302 g/mol. The fourth-order valence-electron chi connectivity index (χ4n) is 2.55. The number of ether oxygens (including phenoxy) is 1. The number of nitrogens with zero attached hydrogens (tertiary/aromatic N) is 3. The lowest BCUT2D eigenvalue weighted by atomic mass is 10.2. The predicted molar refractivity (Wildman–Crippen MR) is 93.3 cm³/mol. The van der Waals surface area contributed by atoms with Crippen LogP contribution in [0.1, 0.15) is 32.4 Å². The zero-order chi connectivity index (χ0) is 16.9. The van der Waals surface area contributed by atoms with Gasteiger partial charge in [-0.05, 0) is 31.5 Å². The van der Waals surface area contributed by atoms with Gasteiger partial charge < -0.3 is 15.4 Å². The van der Waals surface area contributed by atoms with E-state index in [-0.39, 0.29) is 6.04 Å². The molecule has 3 rings (SSSR count). The van der Waals surface area contributed by atoms with Gasteiger partial charge in [-0.3, -0.25) is 0 Å². The van der Waals surface area contributed by atoms with E-state index >= 15 is 0 Å². The zero-order valence-electron chi connectivity index (χ0n) is 13.7. The monoisotopic (exact) mass is 321 g/mol. The molecule has 0 radical (unpaired) electrons. The van der Waals surface area contributed by atoms with Crippen molar-refractivity contribution in [3.63, 3.8) is 0 Å². The lowest BCUT2D eigenvalue weighted by molar-refractivity contribution is 0.460. The van der Waals surface area contributed by atoms with Crippen LogP contribution in [0.15, 0.2) is 42.4 Å². The first kappa shape index (κ1) is 15.8. The van der Waals surface area contributed by atoms with Gasteiger partial charge in [0.2, 0.25) is 11.8 Å². The second-order valence-corrected chi connectivity index (χ2v) is 5.64. The Labute approximate surface area is 141 Å². The number of hydrogen-bond acceptors (Lipinski definition) is 6. The van der Waals surface area contributed by atoms with Gasteiger partial charge in [-0.25, -0.2) is 9.97 Å². The minimum Gasteiger partial charge on any atom is -0.437 e. The van der Waals surface area contributed by atoms with Crippen molar-refractivity contribution in [3.8, 4) is 11.8 Å². The van der Waals surface area contributed by atoms with Crippen LogP contribution < -0.4 is 15.4 Å². The Hall–Kier alpha value is -3.07. The van der Waals surface area contributed by atoms with E-state index < -0.39 is 0 Å². The van der Waals surface area contributed by atoms with E-state index in [1.54, 1.807) is 12.3 Å². The van der Waals surface area contributed by atoms with Crippen LogP contribution in [0.25, 0.3) is 5.57 Å². The van der Waals surface area contributed by atoms with E-state index in [2.05, 4.69) is 40.5 Å². The fourth-order valence-corrected chi connectivity index (χ4v) is 2.55. The van der Waals surface area contributed by atoms with Crippen molar-refractivity contribution >= 4 is 17.2 Å². The molecule has 1 aliphatic rings. The molecule has 6 nitrogen and oxygen atoms in total. The molecule has 1 aromatic heterocycles. The maximum absolute atomic E-state index is 9.57. The summed E-state index contributed by atoms with van der Waals surface area (Å²) >= 11 is 0. The maximum atomic E-state index is 9.57. The van der Waals surface area contributed by atoms with Crippen LogP contribution >= 0.6 is 0 Å².